The summed E-state index contributed by atoms with van der Waals surface area (Å²) in [5.41, 5.74) is -0.0235. The van der Waals surface area contributed by atoms with Gasteiger partial charge in [0.15, 0.2) is 11.6 Å². The molecule has 0 aromatic carbocycles. The van der Waals surface area contributed by atoms with Gasteiger partial charge in [0.05, 0.1) is 7.11 Å². The largest absolute Gasteiger partial charge is 0.493 e. The highest BCUT2D eigenvalue weighted by molar-refractivity contribution is 5.98. The molecule has 0 radical (unpaired) electrons. The molecule has 4 rings (SSSR count). The number of hydrogen-bond donors (Lipinski definition) is 0. The number of imide groups is 1. The van der Waals surface area contributed by atoms with Gasteiger partial charge in [-0.05, 0) is 30.4 Å². The van der Waals surface area contributed by atoms with Crippen molar-refractivity contribution in [2.75, 3.05) is 51.3 Å². The van der Waals surface area contributed by atoms with Crippen LogP contribution in [0, 0.1) is 5.41 Å². The number of methoxy groups -OCH3 is 1. The summed E-state index contributed by atoms with van der Waals surface area (Å²) >= 11 is 0. The van der Waals surface area contributed by atoms with Crippen LogP contribution >= 0.6 is 0 Å². The highest BCUT2D eigenvalue weighted by atomic mass is 16.5. The summed E-state index contributed by atoms with van der Waals surface area (Å²) in [7, 11) is 1.67. The van der Waals surface area contributed by atoms with Crippen LogP contribution in [0.3, 0.4) is 0 Å². The number of hydrogen-bond acceptors (Lipinski definition) is 6. The maximum Gasteiger partial charge on any atom is 0.230 e. The van der Waals surface area contributed by atoms with Gasteiger partial charge in [-0.1, -0.05) is 25.0 Å². The first-order chi connectivity index (χ1) is 14.6. The molecule has 3 aliphatic rings. The smallest absolute Gasteiger partial charge is 0.230 e. The van der Waals surface area contributed by atoms with E-state index >= 15 is 0 Å². The van der Waals surface area contributed by atoms with Crippen molar-refractivity contribution in [2.24, 2.45) is 5.41 Å². The second kappa shape index (κ2) is 9.16. The zero-order valence-electron chi connectivity index (χ0n) is 17.9. The highest BCUT2D eigenvalue weighted by Crippen LogP contribution is 2.46. The second-order valence-corrected chi connectivity index (χ2v) is 8.75. The van der Waals surface area contributed by atoms with Crippen LogP contribution in [0.1, 0.15) is 38.5 Å². The summed E-state index contributed by atoms with van der Waals surface area (Å²) in [4.78, 5) is 35.6. The van der Waals surface area contributed by atoms with E-state index in [2.05, 4.69) is 20.9 Å². The molecule has 30 heavy (non-hydrogen) atoms. The van der Waals surface area contributed by atoms with Crippen molar-refractivity contribution in [3.05, 3.63) is 30.5 Å². The molecule has 0 bridgehead atoms. The Bertz CT molecular complexity index is 775. The van der Waals surface area contributed by atoms with Crippen molar-refractivity contribution in [3.8, 4) is 5.75 Å². The first-order valence-electron chi connectivity index (χ1n) is 11.0. The zero-order chi connectivity index (χ0) is 21.0. The fourth-order valence-electron chi connectivity index (χ4n) is 5.04. The summed E-state index contributed by atoms with van der Waals surface area (Å²) in [5, 5.41) is 0. The van der Waals surface area contributed by atoms with Gasteiger partial charge in [-0.15, -0.1) is 0 Å². The predicted molar refractivity (Wildman–Crippen MR) is 115 cm³/mol. The summed E-state index contributed by atoms with van der Waals surface area (Å²) in [6.45, 7) is 4.90. The molecule has 2 aliphatic heterocycles. The number of ether oxygens (including phenoxy) is 1. The Labute approximate surface area is 178 Å². The van der Waals surface area contributed by atoms with Crippen LogP contribution in [0.4, 0.5) is 5.82 Å². The van der Waals surface area contributed by atoms with E-state index in [0.29, 0.717) is 19.4 Å². The van der Waals surface area contributed by atoms with Crippen molar-refractivity contribution in [1.29, 1.82) is 0 Å². The van der Waals surface area contributed by atoms with Gasteiger partial charge >= 0.3 is 0 Å². The fraction of sp³-hybridized carbons (Fsp3) is 0.609. The van der Waals surface area contributed by atoms with Crippen molar-refractivity contribution in [3.63, 3.8) is 0 Å². The Balaban J connectivity index is 1.22. The van der Waals surface area contributed by atoms with Gasteiger partial charge in [-0.3, -0.25) is 19.4 Å². The van der Waals surface area contributed by atoms with E-state index in [1.807, 2.05) is 18.2 Å². The van der Waals surface area contributed by atoms with Gasteiger partial charge in [-0.25, -0.2) is 4.98 Å². The normalized spacial score (nSPS) is 22.4. The summed E-state index contributed by atoms with van der Waals surface area (Å²) < 4.78 is 5.42. The SMILES string of the molecule is COc1cccnc1N1CCN(C/C=C/CN2C(=O)CC3(CCCC3)CC2=O)CC1. The Morgan fingerprint density at radius 1 is 1.03 bits per heavy atom. The number of piperidine rings is 1. The molecule has 2 amide bonds. The van der Waals surface area contributed by atoms with Gasteiger partial charge in [0.2, 0.25) is 11.8 Å². The number of piperazine rings is 1. The summed E-state index contributed by atoms with van der Waals surface area (Å²) in [6.07, 6.45) is 11.3. The molecular weight excluding hydrogens is 380 g/mol. The van der Waals surface area contributed by atoms with Crippen LogP contribution in [0.5, 0.6) is 5.75 Å². The average molecular weight is 413 g/mol. The molecule has 162 valence electrons. The molecular formula is C23H32N4O3. The topological polar surface area (TPSA) is 66.0 Å². The van der Waals surface area contributed by atoms with E-state index in [0.717, 1.165) is 70.0 Å². The number of carbonyl (C=O) groups excluding carboxylic acids is 2. The van der Waals surface area contributed by atoms with E-state index in [1.165, 1.54) is 4.90 Å². The minimum atomic E-state index is -0.0235. The van der Waals surface area contributed by atoms with Crippen LogP contribution in [-0.4, -0.2) is 73.0 Å². The monoisotopic (exact) mass is 412 g/mol. The van der Waals surface area contributed by atoms with E-state index in [4.69, 9.17) is 4.74 Å². The Morgan fingerprint density at radius 3 is 2.37 bits per heavy atom. The molecule has 1 saturated carbocycles. The van der Waals surface area contributed by atoms with Gasteiger partial charge in [-0.2, -0.15) is 0 Å². The Kier molecular flexibility index (Phi) is 6.37. The third kappa shape index (κ3) is 4.51. The Hall–Kier alpha value is -2.41. The lowest BCUT2D eigenvalue weighted by molar-refractivity contribution is -0.152. The van der Waals surface area contributed by atoms with Gasteiger partial charge in [0.1, 0.15) is 0 Å². The average Bonchev–Trinajstić information content (AvgIpc) is 3.20. The lowest BCUT2D eigenvalue weighted by Crippen LogP contribution is -2.47. The molecule has 7 nitrogen and oxygen atoms in total. The maximum atomic E-state index is 12.5. The molecule has 1 spiro atoms. The van der Waals surface area contributed by atoms with Gasteiger partial charge < -0.3 is 9.64 Å². The number of carbonyl (C=O) groups is 2. The first kappa shape index (κ1) is 20.8. The lowest BCUT2D eigenvalue weighted by Gasteiger charge is -2.37. The first-order valence-corrected chi connectivity index (χ1v) is 11.0. The van der Waals surface area contributed by atoms with Crippen LogP contribution < -0.4 is 9.64 Å². The van der Waals surface area contributed by atoms with Crippen LogP contribution in [0.25, 0.3) is 0 Å². The molecule has 0 unspecified atom stereocenters. The van der Waals surface area contributed by atoms with Crippen LogP contribution in [0.15, 0.2) is 30.5 Å². The minimum absolute atomic E-state index is 0.00993. The van der Waals surface area contributed by atoms with Gasteiger partial charge in [0, 0.05) is 58.3 Å². The summed E-state index contributed by atoms with van der Waals surface area (Å²) in [6, 6.07) is 3.82. The predicted octanol–water partition coefficient (Wildman–Crippen LogP) is 2.48. The van der Waals surface area contributed by atoms with Crippen molar-refractivity contribution >= 4 is 17.6 Å². The minimum Gasteiger partial charge on any atom is -0.493 e. The molecule has 2 saturated heterocycles. The van der Waals surface area contributed by atoms with E-state index in [1.54, 1.807) is 13.3 Å². The molecule has 1 aromatic heterocycles. The number of rotatable bonds is 6. The number of amides is 2. The standard InChI is InChI=1S/C23H32N4O3/c1-30-19-7-6-10-24-22(19)26-15-13-25(14-16-26)11-4-5-12-27-20(28)17-23(18-21(27)29)8-2-3-9-23/h4-7,10H,2-3,8-9,11-18H2,1H3/b5-4+. The van der Waals surface area contributed by atoms with Crippen LogP contribution in [0.2, 0.25) is 0 Å². The fourth-order valence-corrected chi connectivity index (χ4v) is 5.04. The third-order valence-electron chi connectivity index (χ3n) is 6.78. The number of nitrogens with zero attached hydrogens (tertiary/aromatic N) is 4. The number of aromatic nitrogens is 1. The molecule has 7 heteroatoms. The molecule has 0 atom stereocenters. The number of anilines is 1. The van der Waals surface area contributed by atoms with E-state index in [9.17, 15) is 9.59 Å². The van der Waals surface area contributed by atoms with Crippen molar-refractivity contribution in [2.45, 2.75) is 38.5 Å². The summed E-state index contributed by atoms with van der Waals surface area (Å²) in [5.74, 6) is 1.73. The zero-order valence-corrected chi connectivity index (χ0v) is 17.9. The van der Waals surface area contributed by atoms with Crippen molar-refractivity contribution < 1.29 is 14.3 Å². The molecule has 3 heterocycles. The lowest BCUT2D eigenvalue weighted by atomic mass is 9.76. The molecule has 0 N–H and O–H groups in total. The molecule has 1 aromatic rings. The van der Waals surface area contributed by atoms with Crippen molar-refractivity contribution in [1.82, 2.24) is 14.8 Å². The van der Waals surface area contributed by atoms with Crippen LogP contribution in [-0.2, 0) is 9.59 Å². The number of pyridine rings is 1. The third-order valence-corrected chi connectivity index (χ3v) is 6.78. The van der Waals surface area contributed by atoms with Gasteiger partial charge in [0.25, 0.3) is 0 Å². The second-order valence-electron chi connectivity index (χ2n) is 8.75. The quantitative estimate of drug-likeness (QED) is 0.528. The molecule has 1 aliphatic carbocycles. The number of likely N-dealkylation sites (tertiary alicyclic amines) is 1. The highest BCUT2D eigenvalue weighted by Gasteiger charge is 2.44. The maximum absolute atomic E-state index is 12.5. The molecule has 3 fully saturated rings. The van der Waals surface area contributed by atoms with E-state index in [-0.39, 0.29) is 17.2 Å². The Morgan fingerprint density at radius 2 is 1.70 bits per heavy atom. The van der Waals surface area contributed by atoms with E-state index < -0.39 is 0 Å².